The molecule has 10 heavy (non-hydrogen) atoms. The molecule has 1 aromatic heterocycles. The van der Waals surface area contributed by atoms with Gasteiger partial charge in [-0.25, -0.2) is 4.98 Å². The highest BCUT2D eigenvalue weighted by molar-refractivity contribution is 6.28. The lowest BCUT2D eigenvalue weighted by Gasteiger charge is -1.98. The number of imidazole rings is 1. The van der Waals surface area contributed by atoms with Crippen molar-refractivity contribution in [1.82, 2.24) is 9.55 Å². The van der Waals surface area contributed by atoms with E-state index >= 15 is 0 Å². The molecule has 0 N–H and O–H groups in total. The molecule has 0 bridgehead atoms. The van der Waals surface area contributed by atoms with Crippen LogP contribution in [0.15, 0.2) is 12.4 Å². The van der Waals surface area contributed by atoms with Gasteiger partial charge >= 0.3 is 0 Å². The van der Waals surface area contributed by atoms with E-state index in [0.717, 1.165) is 12.5 Å². The highest BCUT2D eigenvalue weighted by Gasteiger charge is 2.22. The summed E-state index contributed by atoms with van der Waals surface area (Å²) in [4.78, 5) is 3.93. The largest absolute Gasteiger partial charge is 0.322 e. The third-order valence-corrected chi connectivity index (χ3v) is 2.13. The van der Waals surface area contributed by atoms with Crippen molar-refractivity contribution in [3.05, 3.63) is 17.7 Å². The summed E-state index contributed by atoms with van der Waals surface area (Å²) in [6.07, 6.45) is 6.38. The Morgan fingerprint density at radius 1 is 1.70 bits per heavy atom. The second-order valence-corrected chi connectivity index (χ2v) is 3.13. The molecule has 1 fully saturated rings. The maximum absolute atomic E-state index is 5.76. The summed E-state index contributed by atoms with van der Waals surface area (Å²) < 4.78 is 2.00. The van der Waals surface area contributed by atoms with Crippen molar-refractivity contribution in [3.63, 3.8) is 0 Å². The molecule has 0 unspecified atom stereocenters. The van der Waals surface area contributed by atoms with Crippen molar-refractivity contribution in [1.29, 1.82) is 0 Å². The molecule has 1 aliphatic rings. The lowest BCUT2D eigenvalue weighted by Crippen LogP contribution is -1.97. The van der Waals surface area contributed by atoms with Gasteiger partial charge in [-0.3, -0.25) is 0 Å². The molecular weight excluding hydrogens is 148 g/mol. The van der Waals surface area contributed by atoms with Crippen molar-refractivity contribution in [2.24, 2.45) is 5.92 Å². The summed E-state index contributed by atoms with van der Waals surface area (Å²) in [5.74, 6) is 0.867. The maximum Gasteiger partial charge on any atom is 0.202 e. The number of halogens is 1. The molecule has 1 saturated carbocycles. The summed E-state index contributed by atoms with van der Waals surface area (Å²) >= 11 is 5.76. The van der Waals surface area contributed by atoms with Gasteiger partial charge in [0.05, 0.1) is 0 Å². The molecule has 0 saturated heterocycles. The van der Waals surface area contributed by atoms with Crippen LogP contribution in [0.25, 0.3) is 0 Å². The number of nitrogens with zero attached hydrogens (tertiary/aromatic N) is 2. The Balaban J connectivity index is 2.08. The van der Waals surface area contributed by atoms with Crippen molar-refractivity contribution < 1.29 is 0 Å². The van der Waals surface area contributed by atoms with Crippen LogP contribution in [0.3, 0.4) is 0 Å². The van der Waals surface area contributed by atoms with Crippen LogP contribution in [0.5, 0.6) is 0 Å². The van der Waals surface area contributed by atoms with Crippen molar-refractivity contribution >= 4 is 11.6 Å². The number of hydrogen-bond acceptors (Lipinski definition) is 1. The molecule has 0 radical (unpaired) electrons. The minimum atomic E-state index is 0.618. The molecule has 0 amide bonds. The first kappa shape index (κ1) is 6.23. The van der Waals surface area contributed by atoms with Gasteiger partial charge in [-0.05, 0) is 30.4 Å². The second-order valence-electron chi connectivity index (χ2n) is 2.79. The van der Waals surface area contributed by atoms with Gasteiger partial charge in [0, 0.05) is 18.9 Å². The average Bonchev–Trinajstić information content (AvgIpc) is 2.62. The van der Waals surface area contributed by atoms with Crippen LogP contribution in [0.4, 0.5) is 0 Å². The first-order valence-corrected chi connectivity index (χ1v) is 3.90. The van der Waals surface area contributed by atoms with E-state index in [9.17, 15) is 0 Å². The van der Waals surface area contributed by atoms with Gasteiger partial charge in [-0.15, -0.1) is 0 Å². The lowest BCUT2D eigenvalue weighted by atomic mass is 10.4. The van der Waals surface area contributed by atoms with Crippen molar-refractivity contribution in [2.75, 3.05) is 0 Å². The normalized spacial score (nSPS) is 17.7. The Kier molecular flexibility index (Phi) is 1.42. The number of aromatic nitrogens is 2. The molecule has 0 aromatic carbocycles. The highest BCUT2D eigenvalue weighted by Crippen LogP contribution is 2.31. The van der Waals surface area contributed by atoms with Crippen LogP contribution < -0.4 is 0 Å². The Morgan fingerprint density at radius 3 is 3.00 bits per heavy atom. The van der Waals surface area contributed by atoms with E-state index < -0.39 is 0 Å². The predicted octanol–water partition coefficient (Wildman–Crippen LogP) is 1.95. The van der Waals surface area contributed by atoms with E-state index in [1.54, 1.807) is 6.20 Å². The van der Waals surface area contributed by atoms with Crippen molar-refractivity contribution in [3.8, 4) is 0 Å². The fraction of sp³-hybridized carbons (Fsp3) is 0.571. The molecule has 0 spiro atoms. The SMILES string of the molecule is Clc1nccn1CC1CC1. The lowest BCUT2D eigenvalue weighted by molar-refractivity contribution is 0.627. The van der Waals surface area contributed by atoms with Crippen LogP contribution in [-0.4, -0.2) is 9.55 Å². The fourth-order valence-electron chi connectivity index (χ4n) is 1.03. The second kappa shape index (κ2) is 2.27. The van der Waals surface area contributed by atoms with E-state index in [1.807, 2.05) is 10.8 Å². The van der Waals surface area contributed by atoms with Crippen LogP contribution >= 0.6 is 11.6 Å². The summed E-state index contributed by atoms with van der Waals surface area (Å²) in [6.45, 7) is 1.05. The molecule has 0 atom stereocenters. The standard InChI is InChI=1S/C7H9ClN2/c8-7-9-3-4-10(7)5-6-1-2-6/h3-4,6H,1-2,5H2. The fourth-order valence-corrected chi connectivity index (χ4v) is 1.21. The topological polar surface area (TPSA) is 17.8 Å². The number of hydrogen-bond donors (Lipinski definition) is 0. The van der Waals surface area contributed by atoms with Crippen molar-refractivity contribution in [2.45, 2.75) is 19.4 Å². The van der Waals surface area contributed by atoms with Gasteiger partial charge in [0.25, 0.3) is 0 Å². The number of rotatable bonds is 2. The first-order chi connectivity index (χ1) is 4.86. The zero-order valence-corrected chi connectivity index (χ0v) is 6.38. The summed E-state index contributed by atoms with van der Waals surface area (Å²) in [7, 11) is 0. The first-order valence-electron chi connectivity index (χ1n) is 3.53. The predicted molar refractivity (Wildman–Crippen MR) is 40.0 cm³/mol. The third kappa shape index (κ3) is 1.16. The molecule has 0 aliphatic heterocycles. The molecule has 2 nitrogen and oxygen atoms in total. The molecule has 1 aliphatic carbocycles. The van der Waals surface area contributed by atoms with Gasteiger partial charge in [-0.1, -0.05) is 0 Å². The van der Waals surface area contributed by atoms with Gasteiger partial charge in [-0.2, -0.15) is 0 Å². The van der Waals surface area contributed by atoms with Crippen LogP contribution in [0, 0.1) is 5.92 Å². The molecule has 1 aromatic rings. The Morgan fingerprint density at radius 2 is 2.50 bits per heavy atom. The van der Waals surface area contributed by atoms with E-state index in [2.05, 4.69) is 4.98 Å². The van der Waals surface area contributed by atoms with E-state index in [4.69, 9.17) is 11.6 Å². The molecule has 54 valence electrons. The van der Waals surface area contributed by atoms with Crippen LogP contribution in [0.1, 0.15) is 12.8 Å². The van der Waals surface area contributed by atoms with Gasteiger partial charge in [0.1, 0.15) is 0 Å². The van der Waals surface area contributed by atoms with Gasteiger partial charge < -0.3 is 4.57 Å². The van der Waals surface area contributed by atoms with E-state index in [-0.39, 0.29) is 0 Å². The Labute approximate surface area is 64.8 Å². The van der Waals surface area contributed by atoms with Gasteiger partial charge in [0.2, 0.25) is 5.28 Å². The summed E-state index contributed by atoms with van der Waals surface area (Å²) in [5.41, 5.74) is 0. The zero-order chi connectivity index (χ0) is 6.97. The monoisotopic (exact) mass is 156 g/mol. The molecule has 2 rings (SSSR count). The molecule has 1 heterocycles. The third-order valence-electron chi connectivity index (χ3n) is 1.82. The highest BCUT2D eigenvalue weighted by atomic mass is 35.5. The minimum absolute atomic E-state index is 0.618. The molecular formula is C7H9ClN2. The van der Waals surface area contributed by atoms with Crippen LogP contribution in [0.2, 0.25) is 5.28 Å². The maximum atomic E-state index is 5.76. The average molecular weight is 157 g/mol. The Bertz CT molecular complexity index is 227. The van der Waals surface area contributed by atoms with Gasteiger partial charge in [0.15, 0.2) is 0 Å². The summed E-state index contributed by atoms with van der Waals surface area (Å²) in [5, 5.41) is 0.618. The van der Waals surface area contributed by atoms with E-state index in [1.165, 1.54) is 12.8 Å². The summed E-state index contributed by atoms with van der Waals surface area (Å²) in [6, 6.07) is 0. The smallest absolute Gasteiger partial charge is 0.202 e. The quantitative estimate of drug-likeness (QED) is 0.640. The molecule has 3 heteroatoms. The minimum Gasteiger partial charge on any atom is -0.322 e. The Hall–Kier alpha value is -0.500. The van der Waals surface area contributed by atoms with E-state index in [0.29, 0.717) is 5.28 Å². The van der Waals surface area contributed by atoms with Crippen LogP contribution in [-0.2, 0) is 6.54 Å². The zero-order valence-electron chi connectivity index (χ0n) is 5.63.